The standard InChI is InChI=1S/C24H23N7O/c1-2-32-21-16-10-9-11-18(21)17-25-31-24-29-22(26-19-12-5-3-6-13-19)28-23(30-24)27-20-14-7-4-8-15-20/h3-17H,2H2,1H3,(H3,26,27,28,29,30,31)/b25-17+. The molecule has 160 valence electrons. The van der Waals surface area contributed by atoms with Crippen LogP contribution in [-0.2, 0) is 0 Å². The van der Waals surface area contributed by atoms with Crippen LogP contribution in [0.1, 0.15) is 12.5 Å². The minimum absolute atomic E-state index is 0.294. The molecule has 0 atom stereocenters. The van der Waals surface area contributed by atoms with Crippen LogP contribution in [0.2, 0.25) is 0 Å². The Morgan fingerprint density at radius 1 is 0.719 bits per heavy atom. The third-order valence-corrected chi connectivity index (χ3v) is 4.28. The Hall–Kier alpha value is -4.46. The van der Waals surface area contributed by atoms with Crippen LogP contribution < -0.4 is 20.8 Å². The first-order chi connectivity index (χ1) is 15.8. The number of rotatable bonds is 9. The lowest BCUT2D eigenvalue weighted by atomic mass is 10.2. The average Bonchev–Trinajstić information content (AvgIpc) is 2.82. The molecule has 0 bridgehead atoms. The Labute approximate surface area is 186 Å². The van der Waals surface area contributed by atoms with Gasteiger partial charge in [-0.1, -0.05) is 48.5 Å². The fraction of sp³-hybridized carbons (Fsp3) is 0.0833. The lowest BCUT2D eigenvalue weighted by molar-refractivity contribution is 0.340. The van der Waals surface area contributed by atoms with Gasteiger partial charge in [0, 0.05) is 16.9 Å². The predicted octanol–water partition coefficient (Wildman–Crippen LogP) is 5.20. The van der Waals surface area contributed by atoms with Gasteiger partial charge in [0.25, 0.3) is 0 Å². The summed E-state index contributed by atoms with van der Waals surface area (Å²) in [7, 11) is 0. The van der Waals surface area contributed by atoms with Crippen molar-refractivity contribution in [3.8, 4) is 5.75 Å². The Bertz CT molecular complexity index is 1110. The van der Waals surface area contributed by atoms with Gasteiger partial charge >= 0.3 is 0 Å². The summed E-state index contributed by atoms with van der Waals surface area (Å²) in [6.07, 6.45) is 1.67. The zero-order valence-electron chi connectivity index (χ0n) is 17.6. The summed E-state index contributed by atoms with van der Waals surface area (Å²) in [5.41, 5.74) is 5.47. The van der Waals surface area contributed by atoms with Crippen LogP contribution in [0.15, 0.2) is 90.0 Å². The molecule has 0 aliphatic heterocycles. The van der Waals surface area contributed by atoms with Crippen molar-refractivity contribution in [2.45, 2.75) is 6.92 Å². The highest BCUT2D eigenvalue weighted by atomic mass is 16.5. The molecule has 3 aromatic carbocycles. The Morgan fingerprint density at radius 2 is 1.25 bits per heavy atom. The Morgan fingerprint density at radius 3 is 1.84 bits per heavy atom. The second-order valence-electron chi connectivity index (χ2n) is 6.63. The van der Waals surface area contributed by atoms with Crippen molar-refractivity contribution >= 4 is 35.4 Å². The lowest BCUT2D eigenvalue weighted by Crippen LogP contribution is -2.07. The van der Waals surface area contributed by atoms with E-state index in [2.05, 4.69) is 36.1 Å². The average molecular weight is 425 g/mol. The molecule has 4 aromatic rings. The molecule has 0 radical (unpaired) electrons. The van der Waals surface area contributed by atoms with Gasteiger partial charge in [-0.2, -0.15) is 20.1 Å². The maximum atomic E-state index is 5.63. The smallest absolute Gasteiger partial charge is 0.250 e. The fourth-order valence-electron chi connectivity index (χ4n) is 2.87. The zero-order chi connectivity index (χ0) is 22.0. The summed E-state index contributed by atoms with van der Waals surface area (Å²) in [5, 5.41) is 10.7. The highest BCUT2D eigenvalue weighted by Crippen LogP contribution is 2.19. The number of aromatic nitrogens is 3. The molecule has 0 unspecified atom stereocenters. The van der Waals surface area contributed by atoms with Gasteiger partial charge in [-0.05, 0) is 43.3 Å². The molecule has 4 rings (SSSR count). The minimum Gasteiger partial charge on any atom is -0.493 e. The van der Waals surface area contributed by atoms with Gasteiger partial charge in [0.15, 0.2) is 0 Å². The minimum atomic E-state index is 0.294. The van der Waals surface area contributed by atoms with Gasteiger partial charge in [0.1, 0.15) is 5.75 Å². The number of anilines is 5. The van der Waals surface area contributed by atoms with Gasteiger partial charge < -0.3 is 15.4 Å². The molecule has 1 aromatic heterocycles. The summed E-state index contributed by atoms with van der Waals surface area (Å²) in [5.74, 6) is 1.82. The molecule has 0 fully saturated rings. The first-order valence-electron chi connectivity index (χ1n) is 10.2. The van der Waals surface area contributed by atoms with E-state index in [1.165, 1.54) is 0 Å². The SMILES string of the molecule is CCOc1ccccc1/C=N/Nc1nc(Nc2ccccc2)nc(Nc2ccccc2)n1. The van der Waals surface area contributed by atoms with Gasteiger partial charge in [-0.15, -0.1) is 0 Å². The van der Waals surface area contributed by atoms with Gasteiger partial charge in [0.05, 0.1) is 12.8 Å². The summed E-state index contributed by atoms with van der Waals surface area (Å²) in [6.45, 7) is 2.52. The summed E-state index contributed by atoms with van der Waals surface area (Å²) < 4.78 is 5.63. The highest BCUT2D eigenvalue weighted by Gasteiger charge is 2.07. The molecule has 8 heteroatoms. The number of hydrogen-bond donors (Lipinski definition) is 3. The van der Waals surface area contributed by atoms with Crippen molar-refractivity contribution in [2.75, 3.05) is 22.7 Å². The van der Waals surface area contributed by atoms with Crippen LogP contribution in [0, 0.1) is 0 Å². The molecule has 1 heterocycles. The van der Waals surface area contributed by atoms with E-state index >= 15 is 0 Å². The Kier molecular flexibility index (Phi) is 6.85. The van der Waals surface area contributed by atoms with Crippen molar-refractivity contribution in [3.63, 3.8) is 0 Å². The van der Waals surface area contributed by atoms with Crippen LogP contribution in [0.5, 0.6) is 5.75 Å². The van der Waals surface area contributed by atoms with Crippen LogP contribution in [0.25, 0.3) is 0 Å². The summed E-state index contributed by atoms with van der Waals surface area (Å²) in [4.78, 5) is 13.3. The third kappa shape index (κ3) is 5.79. The van der Waals surface area contributed by atoms with Crippen LogP contribution >= 0.6 is 0 Å². The maximum absolute atomic E-state index is 5.63. The van der Waals surface area contributed by atoms with E-state index in [0.717, 1.165) is 22.7 Å². The van der Waals surface area contributed by atoms with Crippen molar-refractivity contribution in [2.24, 2.45) is 5.10 Å². The molecule has 0 aliphatic carbocycles. The van der Waals surface area contributed by atoms with Gasteiger partial charge in [0.2, 0.25) is 17.8 Å². The van der Waals surface area contributed by atoms with Gasteiger partial charge in [-0.25, -0.2) is 5.43 Å². The largest absolute Gasteiger partial charge is 0.493 e. The molecular formula is C24H23N7O. The molecule has 0 amide bonds. The van der Waals surface area contributed by atoms with E-state index in [-0.39, 0.29) is 0 Å². The maximum Gasteiger partial charge on any atom is 0.250 e. The number of para-hydroxylation sites is 3. The van der Waals surface area contributed by atoms with Crippen LogP contribution in [0.4, 0.5) is 29.2 Å². The number of ether oxygens (including phenoxy) is 1. The normalized spacial score (nSPS) is 10.7. The molecule has 0 aliphatic rings. The predicted molar refractivity (Wildman–Crippen MR) is 128 cm³/mol. The second kappa shape index (κ2) is 10.5. The monoisotopic (exact) mass is 425 g/mol. The second-order valence-corrected chi connectivity index (χ2v) is 6.63. The Balaban J connectivity index is 1.57. The number of benzene rings is 3. The van der Waals surface area contributed by atoms with Crippen molar-refractivity contribution in [3.05, 3.63) is 90.5 Å². The molecule has 3 N–H and O–H groups in total. The third-order valence-electron chi connectivity index (χ3n) is 4.28. The van der Waals surface area contributed by atoms with Crippen molar-refractivity contribution < 1.29 is 4.74 Å². The van der Waals surface area contributed by atoms with E-state index in [1.807, 2.05) is 91.9 Å². The quantitative estimate of drug-likeness (QED) is 0.250. The molecule has 0 saturated carbocycles. The lowest BCUT2D eigenvalue weighted by Gasteiger charge is -2.10. The van der Waals surface area contributed by atoms with Crippen LogP contribution in [-0.4, -0.2) is 27.8 Å². The topological polar surface area (TPSA) is 96.4 Å². The summed E-state index contributed by atoms with van der Waals surface area (Å²) in [6, 6.07) is 27.1. The zero-order valence-corrected chi connectivity index (χ0v) is 17.6. The van der Waals surface area contributed by atoms with E-state index < -0.39 is 0 Å². The fourth-order valence-corrected chi connectivity index (χ4v) is 2.87. The number of nitrogens with zero attached hydrogens (tertiary/aromatic N) is 4. The summed E-state index contributed by atoms with van der Waals surface area (Å²) >= 11 is 0. The van der Waals surface area contributed by atoms with Gasteiger partial charge in [-0.3, -0.25) is 0 Å². The van der Waals surface area contributed by atoms with E-state index in [4.69, 9.17) is 4.74 Å². The molecule has 32 heavy (non-hydrogen) atoms. The molecule has 0 saturated heterocycles. The van der Waals surface area contributed by atoms with E-state index in [1.54, 1.807) is 6.21 Å². The first-order valence-corrected chi connectivity index (χ1v) is 10.2. The van der Waals surface area contributed by atoms with Crippen molar-refractivity contribution in [1.29, 1.82) is 0 Å². The molecular weight excluding hydrogens is 402 g/mol. The van der Waals surface area contributed by atoms with E-state index in [0.29, 0.717) is 24.5 Å². The molecule has 0 spiro atoms. The number of nitrogens with one attached hydrogen (secondary N) is 3. The van der Waals surface area contributed by atoms with E-state index in [9.17, 15) is 0 Å². The number of hydrazone groups is 1. The molecule has 8 nitrogen and oxygen atoms in total. The number of hydrogen-bond acceptors (Lipinski definition) is 8. The van der Waals surface area contributed by atoms with Crippen molar-refractivity contribution in [1.82, 2.24) is 15.0 Å². The highest BCUT2D eigenvalue weighted by molar-refractivity contribution is 5.83. The van der Waals surface area contributed by atoms with Crippen LogP contribution in [0.3, 0.4) is 0 Å². The first kappa shape index (κ1) is 20.8.